The molecule has 2 fully saturated rings. The van der Waals surface area contributed by atoms with Gasteiger partial charge in [-0.2, -0.15) is 0 Å². The molecule has 0 aliphatic carbocycles. The molecule has 25 heavy (non-hydrogen) atoms. The minimum absolute atomic E-state index is 0.0637. The van der Waals surface area contributed by atoms with Gasteiger partial charge in [-0.3, -0.25) is 14.6 Å². The molecule has 4 rings (SSSR count). The van der Waals surface area contributed by atoms with Crippen LogP contribution in [0.5, 0.6) is 0 Å². The van der Waals surface area contributed by atoms with Crippen LogP contribution in [0.2, 0.25) is 0 Å². The van der Waals surface area contributed by atoms with Crippen LogP contribution in [0.1, 0.15) is 5.69 Å². The van der Waals surface area contributed by atoms with Crippen molar-refractivity contribution in [1.82, 2.24) is 24.3 Å². The third-order valence-corrected chi connectivity index (χ3v) is 5.28. The molecule has 0 radical (unpaired) electrons. The van der Waals surface area contributed by atoms with E-state index in [0.717, 1.165) is 57.5 Å². The van der Waals surface area contributed by atoms with Crippen LogP contribution in [0.3, 0.4) is 0 Å². The normalized spacial score (nSPS) is 19.8. The lowest BCUT2D eigenvalue weighted by Crippen LogP contribution is -2.62. The SMILES string of the molecule is Cn1c(CN2CC(N3CCN(c4ncccn4)CC3)C2)cccc1=O. The Morgan fingerprint density at radius 3 is 2.48 bits per heavy atom. The largest absolute Gasteiger partial charge is 0.338 e. The van der Waals surface area contributed by atoms with E-state index in [9.17, 15) is 4.79 Å². The Balaban J connectivity index is 1.26. The second kappa shape index (κ2) is 6.93. The van der Waals surface area contributed by atoms with Gasteiger partial charge in [0.1, 0.15) is 0 Å². The van der Waals surface area contributed by atoms with E-state index in [1.807, 2.05) is 25.2 Å². The summed E-state index contributed by atoms with van der Waals surface area (Å²) in [5, 5.41) is 0. The Morgan fingerprint density at radius 2 is 1.76 bits per heavy atom. The van der Waals surface area contributed by atoms with Crippen LogP contribution >= 0.6 is 0 Å². The molecular formula is C18H24N6O. The van der Waals surface area contributed by atoms with Gasteiger partial charge in [-0.1, -0.05) is 6.07 Å². The molecule has 7 nitrogen and oxygen atoms in total. The molecular weight excluding hydrogens is 316 g/mol. The van der Waals surface area contributed by atoms with Gasteiger partial charge < -0.3 is 9.47 Å². The van der Waals surface area contributed by atoms with Gasteiger partial charge in [0, 0.05) is 83.1 Å². The van der Waals surface area contributed by atoms with Crippen molar-refractivity contribution in [3.8, 4) is 0 Å². The molecule has 0 spiro atoms. The Hall–Kier alpha value is -2.25. The summed E-state index contributed by atoms with van der Waals surface area (Å²) in [6.07, 6.45) is 3.60. The molecule has 2 aliphatic rings. The fourth-order valence-corrected chi connectivity index (χ4v) is 3.64. The van der Waals surface area contributed by atoms with Gasteiger partial charge in [-0.25, -0.2) is 9.97 Å². The summed E-state index contributed by atoms with van der Waals surface area (Å²) in [6.45, 7) is 7.07. The molecule has 2 aromatic heterocycles. The van der Waals surface area contributed by atoms with Crippen LogP contribution in [-0.4, -0.2) is 69.6 Å². The number of rotatable bonds is 4. The highest BCUT2D eigenvalue weighted by atomic mass is 16.1. The Bertz CT molecular complexity index is 763. The number of likely N-dealkylation sites (tertiary alicyclic amines) is 1. The zero-order valence-electron chi connectivity index (χ0n) is 14.6. The highest BCUT2D eigenvalue weighted by Gasteiger charge is 2.33. The van der Waals surface area contributed by atoms with Crippen molar-refractivity contribution in [3.63, 3.8) is 0 Å². The third kappa shape index (κ3) is 3.43. The molecule has 0 unspecified atom stereocenters. The first-order chi connectivity index (χ1) is 12.2. The van der Waals surface area contributed by atoms with E-state index in [4.69, 9.17) is 0 Å². The highest BCUT2D eigenvalue weighted by Crippen LogP contribution is 2.20. The van der Waals surface area contributed by atoms with Gasteiger partial charge in [0.15, 0.2) is 0 Å². The summed E-state index contributed by atoms with van der Waals surface area (Å²) in [5.74, 6) is 0.836. The molecule has 0 aromatic carbocycles. The third-order valence-electron chi connectivity index (χ3n) is 5.28. The van der Waals surface area contributed by atoms with Crippen molar-refractivity contribution in [2.75, 3.05) is 44.2 Å². The fourth-order valence-electron chi connectivity index (χ4n) is 3.64. The smallest absolute Gasteiger partial charge is 0.250 e. The maximum atomic E-state index is 11.7. The number of hydrogen-bond donors (Lipinski definition) is 0. The predicted octanol–water partition coefficient (Wildman–Crippen LogP) is 0.182. The average Bonchev–Trinajstić information content (AvgIpc) is 2.62. The standard InChI is InChI=1S/C18H24N6O/c1-21-15(4-2-5-17(21)25)12-22-13-16(14-22)23-8-10-24(11-9-23)18-19-6-3-7-20-18/h2-7,16H,8-14H2,1H3. The molecule has 0 N–H and O–H groups in total. The molecule has 0 amide bonds. The zero-order chi connectivity index (χ0) is 17.2. The summed E-state index contributed by atoms with van der Waals surface area (Å²) >= 11 is 0. The second-order valence-electron chi connectivity index (χ2n) is 6.83. The van der Waals surface area contributed by atoms with Gasteiger partial charge >= 0.3 is 0 Å². The van der Waals surface area contributed by atoms with Crippen LogP contribution in [0, 0.1) is 0 Å². The molecule has 0 saturated carbocycles. The number of anilines is 1. The summed E-state index contributed by atoms with van der Waals surface area (Å²) < 4.78 is 1.74. The van der Waals surface area contributed by atoms with E-state index in [0.29, 0.717) is 6.04 Å². The Morgan fingerprint density at radius 1 is 1.04 bits per heavy atom. The van der Waals surface area contributed by atoms with Gasteiger partial charge in [0.2, 0.25) is 11.5 Å². The van der Waals surface area contributed by atoms with Crippen molar-refractivity contribution in [1.29, 1.82) is 0 Å². The van der Waals surface area contributed by atoms with E-state index < -0.39 is 0 Å². The minimum atomic E-state index is 0.0637. The van der Waals surface area contributed by atoms with E-state index in [1.165, 1.54) is 0 Å². The predicted molar refractivity (Wildman–Crippen MR) is 96.6 cm³/mol. The lowest BCUT2D eigenvalue weighted by molar-refractivity contribution is 0.0241. The van der Waals surface area contributed by atoms with Crippen molar-refractivity contribution in [2.24, 2.45) is 7.05 Å². The van der Waals surface area contributed by atoms with Crippen molar-refractivity contribution in [3.05, 3.63) is 52.7 Å². The van der Waals surface area contributed by atoms with Crippen molar-refractivity contribution in [2.45, 2.75) is 12.6 Å². The maximum absolute atomic E-state index is 11.7. The molecule has 2 aromatic rings. The molecule has 2 aliphatic heterocycles. The molecule has 2 saturated heterocycles. The summed E-state index contributed by atoms with van der Waals surface area (Å²) in [6, 6.07) is 7.97. The first-order valence-corrected chi connectivity index (χ1v) is 8.84. The van der Waals surface area contributed by atoms with Crippen LogP contribution < -0.4 is 10.5 Å². The topological polar surface area (TPSA) is 57.5 Å². The van der Waals surface area contributed by atoms with Crippen LogP contribution in [-0.2, 0) is 13.6 Å². The van der Waals surface area contributed by atoms with Gasteiger partial charge in [0.05, 0.1) is 0 Å². The van der Waals surface area contributed by atoms with Gasteiger partial charge in [-0.05, 0) is 12.1 Å². The maximum Gasteiger partial charge on any atom is 0.250 e. The minimum Gasteiger partial charge on any atom is -0.338 e. The molecule has 0 bridgehead atoms. The van der Waals surface area contributed by atoms with E-state index in [1.54, 1.807) is 23.0 Å². The summed E-state index contributed by atoms with van der Waals surface area (Å²) in [7, 11) is 1.85. The van der Waals surface area contributed by atoms with Gasteiger partial charge in [-0.15, -0.1) is 0 Å². The van der Waals surface area contributed by atoms with E-state index in [2.05, 4.69) is 24.7 Å². The number of hydrogen-bond acceptors (Lipinski definition) is 6. The number of pyridine rings is 1. The molecule has 0 atom stereocenters. The first kappa shape index (κ1) is 16.2. The monoisotopic (exact) mass is 340 g/mol. The van der Waals surface area contributed by atoms with Crippen LogP contribution in [0.25, 0.3) is 0 Å². The van der Waals surface area contributed by atoms with Crippen molar-refractivity contribution >= 4 is 5.95 Å². The Kier molecular flexibility index (Phi) is 4.50. The van der Waals surface area contributed by atoms with Crippen LogP contribution in [0.15, 0.2) is 41.5 Å². The molecule has 132 valence electrons. The summed E-state index contributed by atoms with van der Waals surface area (Å²) in [5.41, 5.74) is 1.14. The molecule has 4 heterocycles. The average molecular weight is 340 g/mol. The number of aromatic nitrogens is 3. The fraction of sp³-hybridized carbons (Fsp3) is 0.500. The zero-order valence-corrected chi connectivity index (χ0v) is 14.6. The quantitative estimate of drug-likeness (QED) is 0.792. The number of nitrogens with zero attached hydrogens (tertiary/aromatic N) is 6. The second-order valence-corrected chi connectivity index (χ2v) is 6.83. The highest BCUT2D eigenvalue weighted by molar-refractivity contribution is 5.29. The Labute approximate surface area is 147 Å². The molecule has 7 heteroatoms. The summed E-state index contributed by atoms with van der Waals surface area (Å²) in [4.78, 5) is 27.6. The van der Waals surface area contributed by atoms with Gasteiger partial charge in [0.25, 0.3) is 0 Å². The first-order valence-electron chi connectivity index (χ1n) is 8.84. The van der Waals surface area contributed by atoms with E-state index >= 15 is 0 Å². The lowest BCUT2D eigenvalue weighted by atomic mass is 10.1. The van der Waals surface area contributed by atoms with Crippen molar-refractivity contribution < 1.29 is 0 Å². The van der Waals surface area contributed by atoms with Crippen LogP contribution in [0.4, 0.5) is 5.95 Å². The van der Waals surface area contributed by atoms with E-state index in [-0.39, 0.29) is 5.56 Å². The number of piperazine rings is 1. The lowest BCUT2D eigenvalue weighted by Gasteiger charge is -2.48.